The number of carbonyl (C=O) groups is 1. The second-order valence-electron chi connectivity index (χ2n) is 12.1. The topological polar surface area (TPSA) is 113 Å². The van der Waals surface area contributed by atoms with Crippen LogP contribution in [0.5, 0.6) is 17.2 Å². The molecule has 0 aliphatic heterocycles. The number of benzene rings is 2. The summed E-state index contributed by atoms with van der Waals surface area (Å²) in [6, 6.07) is 8.84. The number of hydrogen-bond donors (Lipinski definition) is 1. The van der Waals surface area contributed by atoms with E-state index in [0.29, 0.717) is 22.9 Å². The molecular weight excluding hydrogens is 590 g/mol. The lowest BCUT2D eigenvalue weighted by molar-refractivity contribution is -0.0653. The third-order valence-corrected chi connectivity index (χ3v) is 9.70. The number of nitrogens with one attached hydrogen (secondary N) is 1. The fourth-order valence-electron chi connectivity index (χ4n) is 7.77. The van der Waals surface area contributed by atoms with Gasteiger partial charge in [0.1, 0.15) is 17.2 Å². The molecule has 3 aromatic rings. The average molecular weight is 625 g/mol. The Labute approximate surface area is 246 Å². The van der Waals surface area contributed by atoms with E-state index in [1.165, 1.54) is 38.5 Å². The molecule has 4 bridgehead atoms. The smallest absolute Gasteiger partial charge is 0.364 e. The molecule has 0 amide bonds. The molecule has 0 spiro atoms. The normalized spacial score (nSPS) is 24.3. The van der Waals surface area contributed by atoms with Gasteiger partial charge >= 0.3 is 11.7 Å². The second kappa shape index (κ2) is 10.8. The van der Waals surface area contributed by atoms with Gasteiger partial charge in [0.25, 0.3) is 5.56 Å². The van der Waals surface area contributed by atoms with Crippen LogP contribution in [0.1, 0.15) is 66.6 Å². The number of methoxy groups -OCH3 is 1. The van der Waals surface area contributed by atoms with Gasteiger partial charge in [-0.05, 0) is 139 Å². The van der Waals surface area contributed by atoms with Crippen molar-refractivity contribution in [2.24, 2.45) is 23.2 Å². The zero-order chi connectivity index (χ0) is 28.9. The van der Waals surface area contributed by atoms with E-state index in [2.05, 4.69) is 26.0 Å². The Morgan fingerprint density at radius 2 is 1.68 bits per heavy atom. The van der Waals surface area contributed by atoms with E-state index in [-0.39, 0.29) is 12.0 Å². The van der Waals surface area contributed by atoms with Crippen LogP contribution in [0.4, 0.5) is 0 Å². The summed E-state index contributed by atoms with van der Waals surface area (Å²) >= 11 is 3.46. The second-order valence-corrected chi connectivity index (χ2v) is 13.0. The zero-order valence-electron chi connectivity index (χ0n) is 23.5. The van der Waals surface area contributed by atoms with Crippen LogP contribution in [0.15, 0.2) is 44.4 Å². The fourth-order valence-corrected chi connectivity index (χ4v) is 8.29. The van der Waals surface area contributed by atoms with Crippen molar-refractivity contribution in [1.29, 1.82) is 0 Å². The minimum Gasteiger partial charge on any atom is -0.496 e. The molecule has 4 fully saturated rings. The number of rotatable bonds is 8. The number of carbonyl (C=O) groups excluding carboxylic acids is 1. The molecular formula is C31H34BrN3O6. The van der Waals surface area contributed by atoms with E-state index in [1.807, 2.05) is 13.8 Å². The molecule has 1 heterocycles. The molecule has 1 aromatic heterocycles. The lowest BCUT2D eigenvalue weighted by Crippen LogP contribution is -2.46. The van der Waals surface area contributed by atoms with Crippen LogP contribution < -0.4 is 20.7 Å². The maximum absolute atomic E-state index is 13.0. The highest BCUT2D eigenvalue weighted by atomic mass is 79.9. The van der Waals surface area contributed by atoms with E-state index < -0.39 is 22.9 Å². The fraction of sp³-hybridized carbons (Fsp3) is 0.484. The van der Waals surface area contributed by atoms with Gasteiger partial charge in [0.05, 0.1) is 23.9 Å². The zero-order valence-corrected chi connectivity index (χ0v) is 25.1. The Balaban J connectivity index is 1.19. The molecule has 0 unspecified atom stereocenters. The van der Waals surface area contributed by atoms with Gasteiger partial charge in [-0.15, -0.1) is 0 Å². The Hall–Kier alpha value is -3.40. The first-order chi connectivity index (χ1) is 19.6. The molecule has 0 saturated heterocycles. The van der Waals surface area contributed by atoms with E-state index in [4.69, 9.17) is 14.2 Å². The third kappa shape index (κ3) is 5.46. The number of aryl methyl sites for hydroxylation is 2. The summed E-state index contributed by atoms with van der Waals surface area (Å²) in [6.07, 6.45) is 8.52. The Bertz CT molecular complexity index is 1570. The summed E-state index contributed by atoms with van der Waals surface area (Å²) in [5.41, 5.74) is 0.101. The Kier molecular flexibility index (Phi) is 7.30. The molecule has 4 saturated carbocycles. The lowest BCUT2D eigenvalue weighted by Gasteiger charge is -2.57. The summed E-state index contributed by atoms with van der Waals surface area (Å²) in [7, 11) is 1.59. The van der Waals surface area contributed by atoms with Crippen molar-refractivity contribution >= 4 is 21.9 Å². The van der Waals surface area contributed by atoms with Crippen molar-refractivity contribution in [3.63, 3.8) is 0 Å². The highest BCUT2D eigenvalue weighted by Gasteiger charge is 2.50. The standard InChI is InChI=1S/C31H34BrN3O6/c1-17-8-22(9-18(2)27(17)41-23-4-5-25(39-3)24(32)13-23)35-30(38)33-28(36)26(34-35)29(37)40-7-6-31-14-19-10-20(15-31)12-21(11-19)16-31/h4-5,8-9,13,19-21H,6-7,10-12,14-16H2,1-3H3,(H,33,36,38). The minimum atomic E-state index is -0.857. The van der Waals surface area contributed by atoms with Crippen LogP contribution in [0.3, 0.4) is 0 Å². The monoisotopic (exact) mass is 623 g/mol. The van der Waals surface area contributed by atoms with Crippen molar-refractivity contribution in [3.8, 4) is 22.9 Å². The van der Waals surface area contributed by atoms with Crippen molar-refractivity contribution in [2.75, 3.05) is 13.7 Å². The molecule has 2 aromatic carbocycles. The summed E-state index contributed by atoms with van der Waals surface area (Å²) < 4.78 is 18.7. The van der Waals surface area contributed by atoms with Gasteiger partial charge in [-0.3, -0.25) is 9.78 Å². The Morgan fingerprint density at radius 3 is 2.27 bits per heavy atom. The van der Waals surface area contributed by atoms with E-state index in [9.17, 15) is 14.4 Å². The predicted octanol–water partition coefficient (Wildman–Crippen LogP) is 5.86. The van der Waals surface area contributed by atoms with Gasteiger partial charge in [-0.1, -0.05) is 0 Å². The molecule has 7 rings (SSSR count). The van der Waals surface area contributed by atoms with Crippen LogP contribution in [0.2, 0.25) is 0 Å². The number of nitrogens with zero attached hydrogens (tertiary/aromatic N) is 2. The molecule has 1 N–H and O–H groups in total. The van der Waals surface area contributed by atoms with Crippen molar-refractivity contribution in [3.05, 3.63) is 72.5 Å². The maximum atomic E-state index is 13.0. The first-order valence-electron chi connectivity index (χ1n) is 14.2. The van der Waals surface area contributed by atoms with Crippen LogP contribution in [0, 0.1) is 37.0 Å². The van der Waals surface area contributed by atoms with Crippen LogP contribution in [-0.4, -0.2) is 34.5 Å². The quantitative estimate of drug-likeness (QED) is 0.312. The number of hydrogen-bond acceptors (Lipinski definition) is 7. The minimum absolute atomic E-state index is 0.247. The lowest BCUT2D eigenvalue weighted by atomic mass is 9.49. The molecule has 0 atom stereocenters. The summed E-state index contributed by atoms with van der Waals surface area (Å²) in [5.74, 6) is 3.53. The van der Waals surface area contributed by atoms with Gasteiger partial charge in [-0.2, -0.15) is 9.78 Å². The average Bonchev–Trinajstić information content (AvgIpc) is 2.90. The van der Waals surface area contributed by atoms with Gasteiger partial charge in [0, 0.05) is 0 Å². The Morgan fingerprint density at radius 1 is 1.05 bits per heavy atom. The van der Waals surface area contributed by atoms with E-state index in [0.717, 1.165) is 44.5 Å². The molecule has 10 heteroatoms. The molecule has 216 valence electrons. The van der Waals surface area contributed by atoms with Crippen LogP contribution in [-0.2, 0) is 4.74 Å². The highest BCUT2D eigenvalue weighted by Crippen LogP contribution is 2.61. The molecule has 0 radical (unpaired) electrons. The number of esters is 1. The summed E-state index contributed by atoms with van der Waals surface area (Å²) in [4.78, 5) is 40.5. The molecule has 4 aliphatic rings. The number of ether oxygens (including phenoxy) is 3. The summed E-state index contributed by atoms with van der Waals surface area (Å²) in [6.45, 7) is 3.94. The van der Waals surface area contributed by atoms with Crippen LogP contribution >= 0.6 is 15.9 Å². The number of aromatic nitrogens is 3. The van der Waals surface area contributed by atoms with Crippen molar-refractivity contribution in [1.82, 2.24) is 14.8 Å². The number of aromatic amines is 1. The maximum Gasteiger partial charge on any atom is 0.364 e. The highest BCUT2D eigenvalue weighted by molar-refractivity contribution is 9.10. The first-order valence-corrected chi connectivity index (χ1v) is 15.0. The van der Waals surface area contributed by atoms with Crippen molar-refractivity contribution in [2.45, 2.75) is 58.8 Å². The van der Waals surface area contributed by atoms with Gasteiger partial charge in [0.15, 0.2) is 0 Å². The van der Waals surface area contributed by atoms with Crippen LogP contribution in [0.25, 0.3) is 5.69 Å². The first kappa shape index (κ1) is 27.8. The van der Waals surface area contributed by atoms with E-state index >= 15 is 0 Å². The van der Waals surface area contributed by atoms with Gasteiger partial charge in [-0.25, -0.2) is 9.59 Å². The number of H-pyrrole nitrogens is 1. The van der Waals surface area contributed by atoms with Gasteiger partial charge < -0.3 is 14.2 Å². The predicted molar refractivity (Wildman–Crippen MR) is 156 cm³/mol. The SMILES string of the molecule is COc1ccc(Oc2c(C)cc(-n3nc(C(=O)OCCC45CC6CC(CC(C6)C4)C5)c(=O)[nH]c3=O)cc2C)cc1Br. The summed E-state index contributed by atoms with van der Waals surface area (Å²) in [5, 5.41) is 4.14. The number of halogens is 1. The largest absolute Gasteiger partial charge is 0.496 e. The molecule has 4 aliphatic carbocycles. The molecule has 9 nitrogen and oxygen atoms in total. The molecule has 41 heavy (non-hydrogen) atoms. The van der Waals surface area contributed by atoms with E-state index in [1.54, 1.807) is 37.4 Å². The van der Waals surface area contributed by atoms with Crippen molar-refractivity contribution < 1.29 is 19.0 Å². The third-order valence-electron chi connectivity index (χ3n) is 9.08. The van der Waals surface area contributed by atoms with Gasteiger partial charge in [0.2, 0.25) is 5.69 Å².